The van der Waals surface area contributed by atoms with Crippen molar-refractivity contribution >= 4 is 65.8 Å². The Hall–Kier alpha value is -14.5. The number of aromatic nitrogens is 12. The highest BCUT2D eigenvalue weighted by Gasteiger charge is 2.23. The molecule has 10 heterocycles. The Morgan fingerprint density at radius 3 is 1.08 bits per heavy atom. The van der Waals surface area contributed by atoms with Gasteiger partial charge < -0.3 is 18.0 Å². The standard InChI is InChI=1S/C46H29N5O.C44H27N7O/c1-2-6-35(7-3-1)46-50-39-18-19-43-44(45(39)52-46)38-8-4-5-9-42(38)51(43)37-16-14-33(15-17-37)40-28-36(29-41(49-40)34-22-26-48-27-23-34)31-12-10-30(11-13-31)32-20-24-47-25-21-32;1-2-7-32(8-3-1)44-47-36-17-18-38-39(40(36)52-44)35-11-4-5-12-37(35)51(38)34-10-6-9-33(27-34)43-49-41(48-42(50-43)31-21-25-46-26-22-31)30-15-13-28(14-16-30)29-19-23-45-24-20-29/h1-29H;1-27H. The van der Waals surface area contributed by atoms with Crippen molar-refractivity contribution in [2.45, 2.75) is 0 Å². The maximum absolute atomic E-state index is 6.50. The molecule has 0 unspecified atom stereocenters. The molecule has 14 heteroatoms. The van der Waals surface area contributed by atoms with E-state index in [9.17, 15) is 0 Å². The fraction of sp³-hybridized carbons (Fsp3) is 0. The molecule has 0 spiro atoms. The second kappa shape index (κ2) is 26.0. The van der Waals surface area contributed by atoms with E-state index < -0.39 is 0 Å². The van der Waals surface area contributed by atoms with E-state index in [1.165, 1.54) is 0 Å². The van der Waals surface area contributed by atoms with E-state index in [1.807, 2.05) is 164 Å². The molecule has 0 saturated heterocycles. The van der Waals surface area contributed by atoms with Gasteiger partial charge in [0.25, 0.3) is 0 Å². The first-order valence-electron chi connectivity index (χ1n) is 34.1. The summed E-state index contributed by atoms with van der Waals surface area (Å²) in [7, 11) is 0. The van der Waals surface area contributed by atoms with Crippen molar-refractivity contribution in [1.29, 1.82) is 0 Å². The second-order valence-corrected chi connectivity index (χ2v) is 25.2. The van der Waals surface area contributed by atoms with Gasteiger partial charge in [-0.2, -0.15) is 0 Å². The van der Waals surface area contributed by atoms with E-state index in [0.29, 0.717) is 29.3 Å². The lowest BCUT2D eigenvalue weighted by Crippen LogP contribution is -2.01. The minimum absolute atomic E-state index is 0.572. The van der Waals surface area contributed by atoms with Crippen LogP contribution in [0.15, 0.2) is 350 Å². The van der Waals surface area contributed by atoms with Gasteiger partial charge in [0.1, 0.15) is 11.0 Å². The van der Waals surface area contributed by atoms with Crippen molar-refractivity contribution in [3.05, 3.63) is 341 Å². The van der Waals surface area contributed by atoms with Gasteiger partial charge in [0.15, 0.2) is 28.6 Å². The zero-order valence-corrected chi connectivity index (χ0v) is 55.5. The SMILES string of the molecule is c1ccc(-c2nc3ccc4c(c5ccccc5n4-c4ccc(-c5cc(-c6ccc(-c7ccncc7)cc6)cc(-c6ccncc6)n5)cc4)c3o2)cc1.c1ccc(-c2nc3ccc4c(c5ccccc5n4-c4cccc(-c5nc(-c6ccncc6)nc(-c6ccc(-c7ccncc7)cc6)n5)c4)c3o2)cc1. The molecule has 0 saturated carbocycles. The van der Waals surface area contributed by atoms with Crippen molar-refractivity contribution < 1.29 is 8.83 Å². The van der Waals surface area contributed by atoms with E-state index in [0.717, 1.165) is 161 Å². The molecule has 0 aliphatic heterocycles. The molecule has 0 radical (unpaired) electrons. The third-order valence-electron chi connectivity index (χ3n) is 19.0. The molecule has 0 bridgehead atoms. The molecule has 488 valence electrons. The first kappa shape index (κ1) is 60.7. The summed E-state index contributed by atoms with van der Waals surface area (Å²) in [5.74, 6) is 2.95. The van der Waals surface area contributed by atoms with Crippen molar-refractivity contribution in [3.8, 4) is 124 Å². The molecule has 10 aromatic carbocycles. The first-order chi connectivity index (χ1) is 51.5. The van der Waals surface area contributed by atoms with Crippen LogP contribution in [-0.2, 0) is 0 Å². The first-order valence-corrected chi connectivity index (χ1v) is 34.1. The summed E-state index contributed by atoms with van der Waals surface area (Å²) in [6, 6.07) is 99.4. The summed E-state index contributed by atoms with van der Waals surface area (Å²) in [6.45, 7) is 0. The van der Waals surface area contributed by atoms with Gasteiger partial charge in [-0.1, -0.05) is 146 Å². The van der Waals surface area contributed by atoms with E-state index in [4.69, 9.17) is 38.7 Å². The molecule has 0 fully saturated rings. The molecule has 10 aromatic heterocycles. The maximum atomic E-state index is 6.50. The summed E-state index contributed by atoms with van der Waals surface area (Å²) in [4.78, 5) is 46.6. The monoisotopic (exact) mass is 1340 g/mol. The number of hydrogen-bond acceptors (Lipinski definition) is 12. The Kier molecular flexibility index (Phi) is 15.2. The molecule has 20 aromatic rings. The Balaban J connectivity index is 0.000000143. The Morgan fingerprint density at radius 1 is 0.221 bits per heavy atom. The summed E-state index contributed by atoms with van der Waals surface area (Å²) >= 11 is 0. The fourth-order valence-electron chi connectivity index (χ4n) is 13.9. The van der Waals surface area contributed by atoms with Crippen LogP contribution < -0.4 is 0 Å². The maximum Gasteiger partial charge on any atom is 0.227 e. The summed E-state index contributed by atoms with van der Waals surface area (Å²) in [6.07, 6.45) is 14.4. The van der Waals surface area contributed by atoms with Crippen LogP contribution in [0.5, 0.6) is 0 Å². The van der Waals surface area contributed by atoms with E-state index in [-0.39, 0.29) is 0 Å². The second-order valence-electron chi connectivity index (χ2n) is 25.2. The highest BCUT2D eigenvalue weighted by molar-refractivity contribution is 6.20. The number of benzene rings is 10. The van der Waals surface area contributed by atoms with Gasteiger partial charge in [-0.3, -0.25) is 19.9 Å². The lowest BCUT2D eigenvalue weighted by Gasteiger charge is -2.12. The van der Waals surface area contributed by atoms with Crippen molar-refractivity contribution in [2.24, 2.45) is 0 Å². The summed E-state index contributed by atoms with van der Waals surface area (Å²) < 4.78 is 17.6. The highest BCUT2D eigenvalue weighted by Crippen LogP contribution is 2.42. The average Bonchev–Trinajstić information content (AvgIpc) is 1.57. The molecule has 0 amide bonds. The Labute approximate surface area is 595 Å². The van der Waals surface area contributed by atoms with Crippen molar-refractivity contribution in [3.63, 3.8) is 0 Å². The summed E-state index contributed by atoms with van der Waals surface area (Å²) in [5.41, 5.74) is 24.5. The smallest absolute Gasteiger partial charge is 0.227 e. The van der Waals surface area contributed by atoms with E-state index in [2.05, 4.69) is 181 Å². The Bertz CT molecular complexity index is 6550. The van der Waals surface area contributed by atoms with Crippen LogP contribution in [0.25, 0.3) is 190 Å². The lowest BCUT2D eigenvalue weighted by atomic mass is 9.98. The largest absolute Gasteiger partial charge is 0.435 e. The topological polar surface area (TPSA) is 165 Å². The number of para-hydroxylation sites is 2. The van der Waals surface area contributed by atoms with Gasteiger partial charge in [0, 0.05) is 111 Å². The summed E-state index contributed by atoms with van der Waals surface area (Å²) in [5, 5.41) is 4.28. The average molecular weight is 1340 g/mol. The predicted octanol–water partition coefficient (Wildman–Crippen LogP) is 21.7. The molecule has 0 aliphatic rings. The van der Waals surface area contributed by atoms with Crippen LogP contribution in [-0.4, -0.2) is 59.0 Å². The molecule has 0 N–H and O–H groups in total. The van der Waals surface area contributed by atoms with Crippen LogP contribution in [0.3, 0.4) is 0 Å². The third-order valence-corrected chi connectivity index (χ3v) is 19.0. The zero-order chi connectivity index (χ0) is 68.9. The number of oxazole rings is 2. The van der Waals surface area contributed by atoms with Crippen LogP contribution >= 0.6 is 0 Å². The van der Waals surface area contributed by atoms with Crippen LogP contribution in [0.2, 0.25) is 0 Å². The third kappa shape index (κ3) is 11.2. The van der Waals surface area contributed by atoms with Crippen LogP contribution in [0.1, 0.15) is 0 Å². The Morgan fingerprint density at radius 2 is 0.587 bits per heavy atom. The van der Waals surface area contributed by atoms with Gasteiger partial charge in [-0.05, 0) is 179 Å². The van der Waals surface area contributed by atoms with Crippen LogP contribution in [0.4, 0.5) is 0 Å². The molecule has 0 aliphatic carbocycles. The van der Waals surface area contributed by atoms with Gasteiger partial charge in [0.2, 0.25) is 11.8 Å². The predicted molar refractivity (Wildman–Crippen MR) is 413 cm³/mol. The van der Waals surface area contributed by atoms with Crippen molar-refractivity contribution in [2.75, 3.05) is 0 Å². The molecular formula is C90H56N12O2. The number of pyridine rings is 5. The molecular weight excluding hydrogens is 1280 g/mol. The molecule has 0 atom stereocenters. The van der Waals surface area contributed by atoms with E-state index >= 15 is 0 Å². The molecule has 20 rings (SSSR count). The van der Waals surface area contributed by atoms with Gasteiger partial charge in [0.05, 0.1) is 44.2 Å². The zero-order valence-electron chi connectivity index (χ0n) is 55.5. The molecule has 14 nitrogen and oxygen atoms in total. The van der Waals surface area contributed by atoms with Gasteiger partial charge >= 0.3 is 0 Å². The van der Waals surface area contributed by atoms with Crippen LogP contribution in [0, 0.1) is 0 Å². The normalized spacial score (nSPS) is 11.5. The lowest BCUT2D eigenvalue weighted by molar-refractivity contribution is 0.622. The number of hydrogen-bond donors (Lipinski definition) is 0. The minimum atomic E-state index is 0.572. The van der Waals surface area contributed by atoms with Gasteiger partial charge in [-0.15, -0.1) is 0 Å². The quantitative estimate of drug-likeness (QED) is 0.114. The number of rotatable bonds is 12. The van der Waals surface area contributed by atoms with Crippen molar-refractivity contribution in [1.82, 2.24) is 59.0 Å². The minimum Gasteiger partial charge on any atom is -0.435 e. The molecule has 104 heavy (non-hydrogen) atoms. The van der Waals surface area contributed by atoms with Gasteiger partial charge in [-0.25, -0.2) is 29.9 Å². The fourth-order valence-corrected chi connectivity index (χ4v) is 13.9. The van der Waals surface area contributed by atoms with E-state index in [1.54, 1.807) is 24.8 Å². The highest BCUT2D eigenvalue weighted by atomic mass is 16.4. The number of fused-ring (bicyclic) bond motifs is 10. The number of nitrogens with zero attached hydrogens (tertiary/aromatic N) is 12.